The summed E-state index contributed by atoms with van der Waals surface area (Å²) in [5.74, 6) is 0.195. The molecule has 1 saturated heterocycles. The van der Waals surface area contributed by atoms with Crippen molar-refractivity contribution >= 4 is 11.9 Å². The van der Waals surface area contributed by atoms with Crippen LogP contribution < -0.4 is 21.5 Å². The minimum Gasteiger partial charge on any atom is -0.346 e. The average Bonchev–Trinajstić information content (AvgIpc) is 2.64. The molecule has 132 valence electrons. The van der Waals surface area contributed by atoms with Gasteiger partial charge in [0.2, 0.25) is 5.95 Å². The molecule has 3 heterocycles. The van der Waals surface area contributed by atoms with Crippen LogP contribution >= 0.6 is 0 Å². The predicted octanol–water partition coefficient (Wildman–Crippen LogP) is -0.727. The van der Waals surface area contributed by atoms with Crippen molar-refractivity contribution in [3.63, 3.8) is 0 Å². The average molecular weight is 344 g/mol. The summed E-state index contributed by atoms with van der Waals surface area (Å²) in [6.07, 6.45) is 5.06. The summed E-state index contributed by atoms with van der Waals surface area (Å²) < 4.78 is 2.14. The molecule has 25 heavy (non-hydrogen) atoms. The Hall–Kier alpha value is -2.97. The minimum absolute atomic E-state index is 0.0567. The molecule has 0 spiro atoms. The summed E-state index contributed by atoms with van der Waals surface area (Å²) in [5, 5.41) is 2.91. The third kappa shape index (κ3) is 3.44. The molecular formula is C16H20N6O3. The molecule has 0 aromatic carbocycles. The topological polar surface area (TPSA) is 102 Å². The van der Waals surface area contributed by atoms with Crippen LogP contribution in [0.3, 0.4) is 0 Å². The lowest BCUT2D eigenvalue weighted by molar-refractivity contribution is 0.0922. The van der Waals surface area contributed by atoms with Gasteiger partial charge in [-0.05, 0) is 18.9 Å². The van der Waals surface area contributed by atoms with E-state index in [1.165, 1.54) is 24.7 Å². The third-order valence-corrected chi connectivity index (χ3v) is 4.35. The number of nitrogens with one attached hydrogen (secondary N) is 1. The highest BCUT2D eigenvalue weighted by Crippen LogP contribution is 2.15. The van der Waals surface area contributed by atoms with E-state index in [9.17, 15) is 14.4 Å². The summed E-state index contributed by atoms with van der Waals surface area (Å²) in [6.45, 7) is 1.40. The molecule has 9 nitrogen and oxygen atoms in total. The van der Waals surface area contributed by atoms with Gasteiger partial charge in [-0.25, -0.2) is 14.8 Å². The van der Waals surface area contributed by atoms with E-state index >= 15 is 0 Å². The normalized spacial score (nSPS) is 17.4. The number of rotatable bonds is 3. The zero-order valence-electron chi connectivity index (χ0n) is 14.2. The van der Waals surface area contributed by atoms with E-state index in [4.69, 9.17) is 0 Å². The number of nitrogens with zero attached hydrogens (tertiary/aromatic N) is 5. The van der Waals surface area contributed by atoms with Crippen molar-refractivity contribution in [3.05, 3.63) is 51.1 Å². The van der Waals surface area contributed by atoms with Crippen LogP contribution in [0.5, 0.6) is 0 Å². The Kier molecular flexibility index (Phi) is 4.64. The van der Waals surface area contributed by atoms with Gasteiger partial charge in [0.1, 0.15) is 5.69 Å². The molecule has 1 amide bonds. The lowest BCUT2D eigenvalue weighted by Crippen LogP contribution is -2.49. The fourth-order valence-electron chi connectivity index (χ4n) is 2.94. The SMILES string of the molecule is Cn1c(C(=O)NC2CCCN(c3ncccn3)C2)cc(=O)n(C)c1=O. The highest BCUT2D eigenvalue weighted by molar-refractivity contribution is 5.92. The van der Waals surface area contributed by atoms with Crippen LogP contribution in [0.25, 0.3) is 0 Å². The summed E-state index contributed by atoms with van der Waals surface area (Å²) in [7, 11) is 2.85. The van der Waals surface area contributed by atoms with E-state index in [2.05, 4.69) is 15.3 Å². The Morgan fingerprint density at radius 2 is 1.92 bits per heavy atom. The van der Waals surface area contributed by atoms with Crippen LogP contribution in [-0.4, -0.2) is 44.1 Å². The van der Waals surface area contributed by atoms with Gasteiger partial charge in [0.25, 0.3) is 11.5 Å². The van der Waals surface area contributed by atoms with E-state index in [0.29, 0.717) is 12.5 Å². The molecule has 1 aliphatic heterocycles. The molecule has 0 radical (unpaired) electrons. The number of carbonyl (C=O) groups is 1. The molecule has 0 saturated carbocycles. The Morgan fingerprint density at radius 1 is 1.20 bits per heavy atom. The Balaban J connectivity index is 1.75. The number of carbonyl (C=O) groups excluding carboxylic acids is 1. The van der Waals surface area contributed by atoms with Gasteiger partial charge in [-0.1, -0.05) is 0 Å². The molecule has 2 aromatic heterocycles. The zero-order valence-corrected chi connectivity index (χ0v) is 14.2. The largest absolute Gasteiger partial charge is 0.346 e. The van der Waals surface area contributed by atoms with E-state index < -0.39 is 17.2 Å². The van der Waals surface area contributed by atoms with Gasteiger partial charge in [0.05, 0.1) is 0 Å². The fourth-order valence-corrected chi connectivity index (χ4v) is 2.94. The Morgan fingerprint density at radius 3 is 2.64 bits per heavy atom. The molecule has 2 aromatic rings. The van der Waals surface area contributed by atoms with Gasteiger partial charge in [0, 0.05) is 51.7 Å². The fraction of sp³-hybridized carbons (Fsp3) is 0.438. The molecular weight excluding hydrogens is 324 g/mol. The van der Waals surface area contributed by atoms with Crippen LogP contribution in [0, 0.1) is 0 Å². The van der Waals surface area contributed by atoms with Gasteiger partial charge in [-0.3, -0.25) is 18.7 Å². The standard InChI is InChI=1S/C16H20N6O3/c1-20-12(9-13(23)21(2)16(20)25)14(24)19-11-5-3-8-22(10-11)15-17-6-4-7-18-15/h4,6-7,9,11H,3,5,8,10H2,1-2H3,(H,19,24). The first kappa shape index (κ1) is 16.9. The van der Waals surface area contributed by atoms with E-state index in [-0.39, 0.29) is 11.7 Å². The molecule has 1 fully saturated rings. The second kappa shape index (κ2) is 6.88. The maximum absolute atomic E-state index is 12.5. The van der Waals surface area contributed by atoms with E-state index in [1.54, 1.807) is 18.5 Å². The summed E-state index contributed by atoms with van der Waals surface area (Å²) in [5.41, 5.74) is -0.974. The molecule has 1 unspecified atom stereocenters. The number of anilines is 1. The van der Waals surface area contributed by atoms with Crippen molar-refractivity contribution in [2.45, 2.75) is 18.9 Å². The highest BCUT2D eigenvalue weighted by atomic mass is 16.2. The summed E-state index contributed by atoms with van der Waals surface area (Å²) in [6, 6.07) is 2.82. The van der Waals surface area contributed by atoms with Crippen LogP contribution in [0.4, 0.5) is 5.95 Å². The predicted molar refractivity (Wildman–Crippen MR) is 91.7 cm³/mol. The van der Waals surface area contributed by atoms with Crippen LogP contribution in [-0.2, 0) is 14.1 Å². The van der Waals surface area contributed by atoms with Crippen LogP contribution in [0.2, 0.25) is 0 Å². The van der Waals surface area contributed by atoms with Gasteiger partial charge < -0.3 is 10.2 Å². The van der Waals surface area contributed by atoms with Crippen molar-refractivity contribution in [3.8, 4) is 0 Å². The zero-order chi connectivity index (χ0) is 18.0. The second-order valence-electron chi connectivity index (χ2n) is 6.08. The lowest BCUT2D eigenvalue weighted by Gasteiger charge is -2.33. The quantitative estimate of drug-likeness (QED) is 0.788. The van der Waals surface area contributed by atoms with Crippen molar-refractivity contribution < 1.29 is 4.79 Å². The Bertz CT molecular complexity index is 889. The molecule has 9 heteroatoms. The van der Waals surface area contributed by atoms with Crippen LogP contribution in [0.15, 0.2) is 34.1 Å². The molecule has 0 aliphatic carbocycles. The van der Waals surface area contributed by atoms with Crippen molar-refractivity contribution in [2.24, 2.45) is 14.1 Å². The summed E-state index contributed by atoms with van der Waals surface area (Å²) in [4.78, 5) is 46.8. The van der Waals surface area contributed by atoms with Gasteiger partial charge in [0.15, 0.2) is 0 Å². The highest BCUT2D eigenvalue weighted by Gasteiger charge is 2.24. The smallest absolute Gasteiger partial charge is 0.331 e. The maximum Gasteiger partial charge on any atom is 0.331 e. The van der Waals surface area contributed by atoms with Crippen molar-refractivity contribution in [1.82, 2.24) is 24.4 Å². The first-order chi connectivity index (χ1) is 12.0. The summed E-state index contributed by atoms with van der Waals surface area (Å²) >= 11 is 0. The monoisotopic (exact) mass is 344 g/mol. The number of aromatic nitrogens is 4. The van der Waals surface area contributed by atoms with E-state index in [0.717, 1.165) is 24.0 Å². The molecule has 1 N–H and O–H groups in total. The van der Waals surface area contributed by atoms with Crippen molar-refractivity contribution in [2.75, 3.05) is 18.0 Å². The van der Waals surface area contributed by atoms with Crippen molar-refractivity contribution in [1.29, 1.82) is 0 Å². The van der Waals surface area contributed by atoms with Gasteiger partial charge in [-0.2, -0.15) is 0 Å². The van der Waals surface area contributed by atoms with E-state index in [1.807, 2.05) is 4.90 Å². The second-order valence-corrected chi connectivity index (χ2v) is 6.08. The minimum atomic E-state index is -0.527. The van der Waals surface area contributed by atoms with Gasteiger partial charge in [-0.15, -0.1) is 0 Å². The third-order valence-electron chi connectivity index (χ3n) is 4.35. The number of hydrogen-bond acceptors (Lipinski definition) is 6. The first-order valence-electron chi connectivity index (χ1n) is 8.07. The maximum atomic E-state index is 12.5. The molecule has 3 rings (SSSR count). The van der Waals surface area contributed by atoms with Gasteiger partial charge >= 0.3 is 5.69 Å². The first-order valence-corrected chi connectivity index (χ1v) is 8.07. The van der Waals surface area contributed by atoms with Crippen LogP contribution in [0.1, 0.15) is 23.3 Å². The number of hydrogen-bond donors (Lipinski definition) is 1. The number of amides is 1. The lowest BCUT2D eigenvalue weighted by atomic mass is 10.1. The molecule has 0 bridgehead atoms. The molecule has 1 atom stereocenters. The molecule has 1 aliphatic rings. The number of piperidine rings is 1. The Labute approximate surface area is 143 Å².